The third-order valence-corrected chi connectivity index (χ3v) is 18.1. The average Bonchev–Trinajstić information content (AvgIpc) is 0.853. The molecule has 0 bridgehead atoms. The smallest absolute Gasteiger partial charge is 0.506 e. The van der Waals surface area contributed by atoms with Crippen LogP contribution in [0.4, 0.5) is 53.5 Å². The Bertz CT molecular complexity index is 3910. The van der Waals surface area contributed by atoms with Crippen LogP contribution in [0.25, 0.3) is 0 Å². The minimum atomic E-state index is -5.35. The summed E-state index contributed by atoms with van der Waals surface area (Å²) in [4.78, 5) is 0. The molecule has 0 saturated carbocycles. The van der Waals surface area contributed by atoms with Crippen LogP contribution in [0.3, 0.4) is 0 Å². The van der Waals surface area contributed by atoms with Crippen LogP contribution in [0.5, 0.6) is 23.0 Å². The van der Waals surface area contributed by atoms with E-state index in [1.54, 1.807) is 67.6 Å². The molecular weight excluding hydrogens is 2440 g/mol. The van der Waals surface area contributed by atoms with Crippen LogP contribution >= 0.6 is 206 Å². The van der Waals surface area contributed by atoms with Gasteiger partial charge < -0.3 is 63.6 Å². The summed E-state index contributed by atoms with van der Waals surface area (Å²) >= 11 is 55.3. The summed E-state index contributed by atoms with van der Waals surface area (Å²) in [5, 5.41) is 25.9. The fourth-order valence-corrected chi connectivity index (χ4v) is 11.4. The second-order valence-electron chi connectivity index (χ2n) is 19.5. The summed E-state index contributed by atoms with van der Waals surface area (Å²) in [6, 6.07) is 59.6. The van der Waals surface area contributed by atoms with Gasteiger partial charge in [0.15, 0.2) is 23.1 Å². The van der Waals surface area contributed by atoms with E-state index in [1.165, 1.54) is 48.9 Å². The molecule has 0 aliphatic rings. The topological polar surface area (TPSA) is 178 Å². The largest absolute Gasteiger partial charge is 0.523 e. The van der Waals surface area contributed by atoms with Gasteiger partial charge in [-0.15, -0.1) is 0 Å². The minimum absolute atomic E-state index is 0. The Morgan fingerprint density at radius 1 is 0.385 bits per heavy atom. The van der Waals surface area contributed by atoms with Crippen LogP contribution in [0.1, 0.15) is 89.5 Å². The van der Waals surface area contributed by atoms with E-state index in [4.69, 9.17) is 77.6 Å². The van der Waals surface area contributed by atoms with Crippen molar-refractivity contribution in [1.29, 1.82) is 0 Å². The fourth-order valence-electron chi connectivity index (χ4n) is 6.17. The molecule has 0 aliphatic carbocycles. The molecule has 0 heterocycles. The molecule has 117 heavy (non-hydrogen) atoms. The Kier molecular flexibility index (Phi) is 93.9. The molecule has 10 aromatic carbocycles. The summed E-state index contributed by atoms with van der Waals surface area (Å²) in [5.74, 6) is -0.704. The van der Waals surface area contributed by atoms with Gasteiger partial charge in [0.1, 0.15) is 23.1 Å². The fraction of sp³-hybridized carbons (Fsp3) is 0.232. The van der Waals surface area contributed by atoms with Gasteiger partial charge in [0.2, 0.25) is 0 Å². The Balaban J connectivity index is -0.000000155. The predicted octanol–water partition coefficient (Wildman–Crippen LogP) is 34.0. The van der Waals surface area contributed by atoms with E-state index in [1.807, 2.05) is 159 Å². The summed E-state index contributed by atoms with van der Waals surface area (Å²) in [5.41, 5.74) is 7.66. The summed E-state index contributed by atoms with van der Waals surface area (Å²) in [7, 11) is -5.35. The van der Waals surface area contributed by atoms with Gasteiger partial charge in [0.05, 0.1) is 62.7 Å². The molecule has 0 fully saturated rings. The predicted molar refractivity (Wildman–Crippen MR) is 513 cm³/mol. The van der Waals surface area contributed by atoms with Crippen molar-refractivity contribution in [3.8, 4) is 23.0 Å². The number of hydrogen-bond donors (Lipinski definition) is 6. The van der Waals surface area contributed by atoms with Crippen molar-refractivity contribution in [2.75, 3.05) is 55.0 Å². The number of nitrogen functional groups attached to an aromatic ring is 2. The van der Waals surface area contributed by atoms with Gasteiger partial charge in [-0.05, 0) is 204 Å². The molecule has 8 N–H and O–H groups in total. The molecular formula is C82H98Br10Cl4F7N4O7SY2-3. The van der Waals surface area contributed by atoms with E-state index >= 15 is 0 Å². The van der Waals surface area contributed by atoms with Crippen molar-refractivity contribution >= 4 is 239 Å². The normalized spacial score (nSPS) is 9.11. The summed E-state index contributed by atoms with van der Waals surface area (Å²) in [6.07, 6.45) is 1.25. The first kappa shape index (κ1) is 133. The number of rotatable bonds is 10. The standard InChI is InChI=1S/C8H9BrClN.C8H8BrClO.C8H9BrFN.C8H8BrFO.C6H5BrClN.C6H4BrClO.C6H5BrFN.C6H4BrFO.2C6H5Br.C3H5F3O3S.C3H8.2C2H6.C2H5.2CH3.2Y/c2*1-2-11-8-4-3-6(9)5-7(8)10;1-2-11-8-5-6(9)3-4-7(8)10;1-2-11-8-4-3-6(9)5-7(8)10;2*7-4-1-2-6(9)5(8)3-4;7-4-1-2-5(8)6(9)3-4;7-4-1-2-6(9)5(8)3-4;2*7-6-4-2-1-3-5-6;1-2-9-10(7,8)3(4,5)6;1-3-2;3*1-2;;;;/h3-5,11H,2H2,1H3;3-5H,2H2,1H3;3-5,11H,2H2,1H3;3-5H,2H2,1H3;1-3H,9H2;1-3,9H;1-3H,9H2;1-3,9H;2*1-5H;2H2,1H3;3H2,1-2H3;2*1-2H3;1H2,2H3;2*1H3;;/q;;;;;;;;;;;;;;3*-1;;. The van der Waals surface area contributed by atoms with E-state index in [0.717, 1.165) is 76.7 Å². The summed E-state index contributed by atoms with van der Waals surface area (Å²) in [6.45, 7) is 28.4. The number of nitrogens with two attached hydrogens (primary N) is 2. The summed E-state index contributed by atoms with van der Waals surface area (Å²) < 4.78 is 127. The molecule has 10 rings (SSSR count). The zero-order chi connectivity index (χ0) is 87.8. The number of aromatic hydroxyl groups is 2. The quantitative estimate of drug-likeness (QED) is 0.0252. The van der Waals surface area contributed by atoms with Crippen molar-refractivity contribution in [1.82, 2.24) is 0 Å². The van der Waals surface area contributed by atoms with Crippen LogP contribution in [-0.4, -0.2) is 57.0 Å². The Hall–Kier alpha value is -1.81. The Labute approximate surface area is 844 Å². The number of phenols is 2. The van der Waals surface area contributed by atoms with E-state index in [0.29, 0.717) is 49.9 Å². The van der Waals surface area contributed by atoms with Gasteiger partial charge in [-0.1, -0.05) is 290 Å². The van der Waals surface area contributed by atoms with Crippen LogP contribution in [0.2, 0.25) is 20.1 Å². The van der Waals surface area contributed by atoms with Crippen molar-refractivity contribution in [2.45, 2.75) is 95.0 Å². The third-order valence-electron chi connectivity index (χ3n) is 10.7. The molecule has 2 radical (unpaired) electrons. The molecule has 0 spiro atoms. The van der Waals surface area contributed by atoms with Gasteiger partial charge in [0.25, 0.3) is 0 Å². The van der Waals surface area contributed by atoms with Gasteiger partial charge in [-0.2, -0.15) is 28.5 Å². The van der Waals surface area contributed by atoms with Crippen molar-refractivity contribution < 1.29 is 128 Å². The van der Waals surface area contributed by atoms with Crippen LogP contribution < -0.4 is 31.6 Å². The second-order valence-corrected chi connectivity index (χ2v) is 31.8. The second kappa shape index (κ2) is 82.5. The molecule has 0 aromatic heterocycles. The number of halogens is 21. The van der Waals surface area contributed by atoms with Crippen molar-refractivity contribution in [3.05, 3.63) is 316 Å². The van der Waals surface area contributed by atoms with E-state index in [9.17, 15) is 39.2 Å². The number of nitrogens with one attached hydrogen (secondary N) is 2. The maximum absolute atomic E-state index is 12.9. The van der Waals surface area contributed by atoms with Gasteiger partial charge in [0, 0.05) is 123 Å². The van der Waals surface area contributed by atoms with Gasteiger partial charge >= 0.3 is 15.6 Å². The van der Waals surface area contributed by atoms with Gasteiger partial charge in [-0.3, -0.25) is 4.18 Å². The number of alkyl halides is 3. The van der Waals surface area contributed by atoms with Crippen molar-refractivity contribution in [2.24, 2.45) is 0 Å². The van der Waals surface area contributed by atoms with E-state index in [-0.39, 0.29) is 115 Å². The monoisotopic (exact) mass is 2520 g/mol. The molecule has 10 aromatic rings. The molecule has 0 aliphatic heterocycles. The molecule has 0 unspecified atom stereocenters. The first-order chi connectivity index (χ1) is 53.3. The minimum Gasteiger partial charge on any atom is -0.506 e. The maximum atomic E-state index is 12.9. The Morgan fingerprint density at radius 3 is 1.03 bits per heavy atom. The van der Waals surface area contributed by atoms with Gasteiger partial charge in [-0.25, -0.2) is 17.6 Å². The number of hydrogen-bond acceptors (Lipinski definition) is 11. The van der Waals surface area contributed by atoms with E-state index < -0.39 is 28.1 Å². The molecule has 0 atom stereocenters. The first-order valence-electron chi connectivity index (χ1n) is 33.6. The van der Waals surface area contributed by atoms with Crippen LogP contribution in [0, 0.1) is 45.0 Å². The SMILES string of the molecule is Brc1ccccc1.Brc1ccccc1.CC.CC.CCC.CCNc1cc(Br)ccc1F.CCNc1ccc(Br)cc1Cl.CCOS(=O)(=O)C(F)(F)F.CCOc1ccc(Br)cc1Cl.CCOc1ccc(Br)cc1F.Nc1cc(Br)ccc1F.Nc1ccc(Br)cc1Cl.Oc1ccc(Br)cc1Cl.Oc1ccc(Br)cc1F.[CH2-]C.[CH3-].[CH3-].[Y].[Y]. The molecule has 11 nitrogen and oxygen atoms in total. The maximum Gasteiger partial charge on any atom is 0.523 e. The number of ether oxygens (including phenoxy) is 2. The average molecular weight is 2540 g/mol. The van der Waals surface area contributed by atoms with Crippen LogP contribution in [-0.2, 0) is 79.7 Å². The number of anilines is 4. The number of phenolic OH excluding ortho intramolecular Hbond substituents is 2. The van der Waals surface area contributed by atoms with Crippen LogP contribution in [0.15, 0.2) is 251 Å². The molecule has 0 saturated heterocycles. The number of benzene rings is 10. The van der Waals surface area contributed by atoms with Crippen molar-refractivity contribution in [3.63, 3.8) is 0 Å². The first-order valence-corrected chi connectivity index (χ1v) is 44.4. The third kappa shape index (κ3) is 70.1. The zero-order valence-electron chi connectivity index (χ0n) is 66.7. The Morgan fingerprint density at radius 2 is 0.718 bits per heavy atom. The molecule has 650 valence electrons. The van der Waals surface area contributed by atoms with E-state index in [2.05, 4.69) is 195 Å². The molecule has 0 amide bonds. The zero-order valence-corrected chi connectivity index (χ0v) is 92.0. The molecule has 35 heteroatoms.